The highest BCUT2D eigenvalue weighted by molar-refractivity contribution is 7.71. The van der Waals surface area contributed by atoms with Gasteiger partial charge in [-0.1, -0.05) is 48.6 Å². The molecule has 0 amide bonds. The summed E-state index contributed by atoms with van der Waals surface area (Å²) in [6.07, 6.45) is 0.790. The molecule has 2 aliphatic heterocycles. The van der Waals surface area contributed by atoms with E-state index in [0.29, 0.717) is 27.3 Å². The minimum atomic E-state index is -4.13. The summed E-state index contributed by atoms with van der Waals surface area (Å²) in [5.74, 6) is -0.194. The van der Waals surface area contributed by atoms with E-state index in [1.807, 2.05) is 26.0 Å². The van der Waals surface area contributed by atoms with Gasteiger partial charge in [0.2, 0.25) is 0 Å². The zero-order valence-corrected chi connectivity index (χ0v) is 22.2. The molecule has 2 aromatic heterocycles. The average molecular weight is 557 g/mol. The number of hydrogen-bond acceptors (Lipinski definition) is 10. The van der Waals surface area contributed by atoms with E-state index in [2.05, 4.69) is 15.0 Å². The fourth-order valence-electron chi connectivity index (χ4n) is 4.54. The van der Waals surface area contributed by atoms with Crippen molar-refractivity contribution in [1.29, 1.82) is 0 Å². The van der Waals surface area contributed by atoms with Crippen LogP contribution in [-0.2, 0) is 23.3 Å². The first-order valence-electron chi connectivity index (χ1n) is 12.0. The molecule has 0 radical (unpaired) electrons. The number of H-pyrrole nitrogens is 1. The first-order chi connectivity index (χ1) is 18.3. The summed E-state index contributed by atoms with van der Waals surface area (Å²) in [6.45, 7) is 3.50. The number of hydrogen-bond donors (Lipinski definition) is 1. The van der Waals surface area contributed by atoms with Gasteiger partial charge < -0.3 is 28.2 Å². The molecule has 4 unspecified atom stereocenters. The van der Waals surface area contributed by atoms with Gasteiger partial charge in [-0.15, -0.1) is 0 Å². The number of phosphoric ester groups is 1. The van der Waals surface area contributed by atoms with Crippen LogP contribution < -0.4 is 9.05 Å². The fraction of sp³-hybridized carbons (Fsp3) is 0.320. The lowest BCUT2D eigenvalue weighted by atomic mass is 10.1. The molecule has 2 aliphatic rings. The topological polar surface area (TPSA) is 119 Å². The third-order valence-corrected chi connectivity index (χ3v) is 7.73. The van der Waals surface area contributed by atoms with Crippen molar-refractivity contribution in [3.8, 4) is 11.5 Å². The summed E-state index contributed by atoms with van der Waals surface area (Å²) in [5, 5.41) is 0. The van der Waals surface area contributed by atoms with Crippen molar-refractivity contribution < 1.29 is 32.3 Å². The molecule has 0 aliphatic carbocycles. The number of phosphoric acid groups is 1. The lowest BCUT2D eigenvalue weighted by Gasteiger charge is -2.25. The van der Waals surface area contributed by atoms with Crippen molar-refractivity contribution >= 4 is 31.2 Å². The monoisotopic (exact) mass is 556 g/mol. The van der Waals surface area contributed by atoms with Crippen molar-refractivity contribution in [3.63, 3.8) is 0 Å². The molecular weight excluding hydrogens is 531 g/mol. The summed E-state index contributed by atoms with van der Waals surface area (Å²) >= 11 is 5.30. The lowest BCUT2D eigenvalue weighted by Crippen LogP contribution is -2.33. The summed E-state index contributed by atoms with van der Waals surface area (Å²) in [4.78, 5) is 11.5. The smallest absolute Gasteiger partial charge is 0.395 e. The minimum absolute atomic E-state index is 0.155. The highest BCUT2D eigenvalue weighted by Crippen LogP contribution is 2.51. The molecule has 0 saturated carbocycles. The van der Waals surface area contributed by atoms with Crippen LogP contribution in [-0.4, -0.2) is 50.2 Å². The standard InChI is InChI=1S/C25H25N4O7PS/c1-25(2)33-20-18(32-24(21(20)34-25)29-15-28-19-22(29)26-14-27-23(19)38)13-31-37(30,35-16-9-5-3-6-10-16)36-17-11-7-4-8-12-17/h3-12,14-15,18,20-21,24H,13H2,1-2H3,(H,26,27,38). The van der Waals surface area contributed by atoms with Crippen molar-refractivity contribution in [2.75, 3.05) is 6.61 Å². The highest BCUT2D eigenvalue weighted by Gasteiger charge is 2.56. The molecule has 2 fully saturated rings. The predicted octanol–water partition coefficient (Wildman–Crippen LogP) is 5.19. The maximum atomic E-state index is 13.8. The van der Waals surface area contributed by atoms with Gasteiger partial charge in [0.15, 0.2) is 16.7 Å². The average Bonchev–Trinajstić information content (AvgIpc) is 3.55. The van der Waals surface area contributed by atoms with Gasteiger partial charge in [0.05, 0.1) is 19.3 Å². The number of nitrogens with zero attached hydrogens (tertiary/aromatic N) is 3. The molecule has 38 heavy (non-hydrogen) atoms. The Balaban J connectivity index is 1.27. The van der Waals surface area contributed by atoms with Crippen LogP contribution in [0.1, 0.15) is 20.1 Å². The molecule has 4 aromatic rings. The molecular formula is C25H25N4O7PS. The number of ether oxygens (including phenoxy) is 3. The van der Waals surface area contributed by atoms with Gasteiger partial charge >= 0.3 is 7.82 Å². The third kappa shape index (κ3) is 4.98. The Morgan fingerprint density at radius 3 is 2.29 bits per heavy atom. The van der Waals surface area contributed by atoms with Crippen LogP contribution in [0.25, 0.3) is 11.2 Å². The summed E-state index contributed by atoms with van der Waals surface area (Å²) in [5.41, 5.74) is 1.17. The van der Waals surface area contributed by atoms with E-state index in [4.69, 9.17) is 40.0 Å². The molecule has 4 atom stereocenters. The first kappa shape index (κ1) is 25.2. The number of aromatic nitrogens is 4. The Hall–Kier alpha value is -3.12. The fourth-order valence-corrected chi connectivity index (χ4v) is 5.97. The molecule has 2 saturated heterocycles. The van der Waals surface area contributed by atoms with E-state index in [0.717, 1.165) is 0 Å². The van der Waals surface area contributed by atoms with Crippen LogP contribution in [0.2, 0.25) is 0 Å². The first-order valence-corrected chi connectivity index (χ1v) is 13.8. The van der Waals surface area contributed by atoms with Crippen LogP contribution in [0.5, 0.6) is 11.5 Å². The predicted molar refractivity (Wildman–Crippen MR) is 138 cm³/mol. The normalized spacial score (nSPS) is 24.4. The maximum absolute atomic E-state index is 13.8. The van der Waals surface area contributed by atoms with Gasteiger partial charge in [-0.3, -0.25) is 9.09 Å². The molecule has 0 bridgehead atoms. The van der Waals surface area contributed by atoms with Gasteiger partial charge in [0.1, 0.15) is 41.0 Å². The quantitative estimate of drug-likeness (QED) is 0.229. The minimum Gasteiger partial charge on any atom is -0.395 e. The number of para-hydroxylation sites is 2. The Labute approximate surface area is 223 Å². The lowest BCUT2D eigenvalue weighted by molar-refractivity contribution is -0.199. The van der Waals surface area contributed by atoms with Crippen molar-refractivity contribution in [3.05, 3.63) is 78.0 Å². The van der Waals surface area contributed by atoms with Gasteiger partial charge in [-0.05, 0) is 38.1 Å². The summed E-state index contributed by atoms with van der Waals surface area (Å²) in [7, 11) is -4.13. The SMILES string of the molecule is CC1(C)OC2C(COP(=O)(Oc3ccccc3)Oc3ccccc3)OC(n3cnc4c(=S)nc[nH]c43)C2O1. The Morgan fingerprint density at radius 2 is 1.63 bits per heavy atom. The van der Waals surface area contributed by atoms with E-state index in [1.54, 1.807) is 59.4 Å². The van der Waals surface area contributed by atoms with Crippen LogP contribution >= 0.6 is 20.0 Å². The zero-order chi connectivity index (χ0) is 26.3. The van der Waals surface area contributed by atoms with Crippen molar-refractivity contribution in [2.24, 2.45) is 0 Å². The molecule has 11 nitrogen and oxygen atoms in total. The number of imidazole rings is 1. The van der Waals surface area contributed by atoms with E-state index >= 15 is 0 Å². The second-order valence-electron chi connectivity index (χ2n) is 9.24. The van der Waals surface area contributed by atoms with Gasteiger partial charge in [-0.2, -0.15) is 0 Å². The molecule has 0 spiro atoms. The largest absolute Gasteiger partial charge is 0.587 e. The zero-order valence-electron chi connectivity index (χ0n) is 20.5. The summed E-state index contributed by atoms with van der Waals surface area (Å²) in [6, 6.07) is 17.4. The van der Waals surface area contributed by atoms with Gasteiger partial charge in [0.25, 0.3) is 0 Å². The van der Waals surface area contributed by atoms with Crippen molar-refractivity contribution in [2.45, 2.75) is 44.2 Å². The number of benzene rings is 2. The van der Waals surface area contributed by atoms with Gasteiger partial charge in [-0.25, -0.2) is 14.5 Å². The third-order valence-electron chi connectivity index (χ3n) is 6.10. The van der Waals surface area contributed by atoms with Crippen LogP contribution in [0, 0.1) is 4.64 Å². The van der Waals surface area contributed by atoms with E-state index < -0.39 is 38.1 Å². The molecule has 13 heteroatoms. The van der Waals surface area contributed by atoms with Crippen LogP contribution in [0.3, 0.4) is 0 Å². The molecule has 6 rings (SSSR count). The van der Waals surface area contributed by atoms with E-state index in [-0.39, 0.29) is 6.61 Å². The molecule has 2 aromatic carbocycles. The van der Waals surface area contributed by atoms with Gasteiger partial charge in [0, 0.05) is 0 Å². The Kier molecular flexibility index (Phi) is 6.55. The van der Waals surface area contributed by atoms with Crippen LogP contribution in [0.4, 0.5) is 0 Å². The Bertz CT molecular complexity index is 1490. The molecule has 198 valence electrons. The number of nitrogens with one attached hydrogen (secondary N) is 1. The molecule has 4 heterocycles. The van der Waals surface area contributed by atoms with E-state index in [9.17, 15) is 4.57 Å². The van der Waals surface area contributed by atoms with Crippen LogP contribution in [0.15, 0.2) is 73.3 Å². The maximum Gasteiger partial charge on any atom is 0.587 e. The number of rotatable bonds is 8. The summed E-state index contributed by atoms with van der Waals surface area (Å²) < 4.78 is 52.0. The highest BCUT2D eigenvalue weighted by atomic mass is 32.1. The number of fused-ring (bicyclic) bond motifs is 2. The second kappa shape index (κ2) is 9.88. The molecule has 1 N–H and O–H groups in total. The van der Waals surface area contributed by atoms with E-state index in [1.165, 1.54) is 6.33 Å². The van der Waals surface area contributed by atoms with Crippen molar-refractivity contribution in [1.82, 2.24) is 19.5 Å². The number of aromatic amines is 1. The Morgan fingerprint density at radius 1 is 1.00 bits per heavy atom. The second-order valence-corrected chi connectivity index (χ2v) is 11.1.